The molecule has 0 spiro atoms. The number of carbonyl (C=O) groups excluding carboxylic acids is 1. The molecule has 31 heavy (non-hydrogen) atoms. The van der Waals surface area contributed by atoms with Gasteiger partial charge in [-0.05, 0) is 30.7 Å². The number of hydrogen-bond acceptors (Lipinski definition) is 5. The molecule has 2 aromatic carbocycles. The highest BCUT2D eigenvalue weighted by Crippen LogP contribution is 2.25. The minimum absolute atomic E-state index is 0.0778. The first-order valence-electron chi connectivity index (χ1n) is 10.3. The zero-order chi connectivity index (χ0) is 22.0. The number of hydrogen-bond donors (Lipinski definition) is 0. The molecule has 4 aromatic rings. The predicted octanol–water partition coefficient (Wildman–Crippen LogP) is 4.20. The Bertz CT molecular complexity index is 1430. The van der Waals surface area contributed by atoms with Crippen LogP contribution in [0, 0.1) is 0 Å². The quantitative estimate of drug-likeness (QED) is 0.404. The molecule has 4 rings (SSSR count). The zero-order valence-corrected chi connectivity index (χ0v) is 18.0. The molecule has 0 radical (unpaired) electrons. The molecule has 160 valence electrons. The highest BCUT2D eigenvalue weighted by atomic mass is 32.2. The monoisotopic (exact) mass is 437 g/mol. The van der Waals surface area contributed by atoms with Crippen LogP contribution in [0.1, 0.15) is 43.8 Å². The van der Waals surface area contributed by atoms with Crippen LogP contribution in [0.15, 0.2) is 70.5 Å². The molecule has 0 saturated carbocycles. The van der Waals surface area contributed by atoms with E-state index in [4.69, 9.17) is 0 Å². The molecule has 0 atom stereocenters. The summed E-state index contributed by atoms with van der Waals surface area (Å²) in [5.41, 5.74) is -0.152. The Morgan fingerprint density at radius 2 is 1.68 bits per heavy atom. The van der Waals surface area contributed by atoms with Crippen molar-refractivity contribution in [2.45, 2.75) is 43.9 Å². The van der Waals surface area contributed by atoms with E-state index in [0.717, 1.165) is 27.8 Å². The lowest BCUT2D eigenvalue weighted by molar-refractivity contribution is 0.0900. The number of imidazole rings is 1. The highest BCUT2D eigenvalue weighted by molar-refractivity contribution is 7.90. The van der Waals surface area contributed by atoms with Crippen LogP contribution < -0.4 is 5.69 Å². The fourth-order valence-corrected chi connectivity index (χ4v) is 5.36. The number of para-hydroxylation sites is 3. The summed E-state index contributed by atoms with van der Waals surface area (Å²) in [6.45, 7) is 2.08. The van der Waals surface area contributed by atoms with Gasteiger partial charge in [0.15, 0.2) is 0 Å². The predicted molar refractivity (Wildman–Crippen MR) is 120 cm³/mol. The number of carbonyl (C=O) groups is 1. The molecular formula is C23H23N3O4S. The topological polar surface area (TPSA) is 91.0 Å². The van der Waals surface area contributed by atoms with Crippen molar-refractivity contribution in [2.75, 3.05) is 0 Å². The van der Waals surface area contributed by atoms with Crippen molar-refractivity contribution in [3.8, 4) is 0 Å². The van der Waals surface area contributed by atoms with Crippen LogP contribution in [-0.4, -0.2) is 27.8 Å². The third-order valence-corrected chi connectivity index (χ3v) is 7.03. The fraction of sp³-hybridized carbons (Fsp3) is 0.261. The van der Waals surface area contributed by atoms with Crippen LogP contribution in [0.3, 0.4) is 0 Å². The molecule has 0 unspecified atom stereocenters. The minimum atomic E-state index is -4.30. The average molecular weight is 438 g/mol. The van der Waals surface area contributed by atoms with Crippen molar-refractivity contribution >= 4 is 37.9 Å². The Balaban J connectivity index is 1.89. The van der Waals surface area contributed by atoms with Gasteiger partial charge in [0, 0.05) is 18.0 Å². The van der Waals surface area contributed by atoms with Crippen molar-refractivity contribution in [2.24, 2.45) is 0 Å². The van der Waals surface area contributed by atoms with Gasteiger partial charge in [-0.15, -0.1) is 0 Å². The Morgan fingerprint density at radius 3 is 2.45 bits per heavy atom. The summed E-state index contributed by atoms with van der Waals surface area (Å²) < 4.78 is 28.9. The largest absolute Gasteiger partial charge is 0.350 e. The van der Waals surface area contributed by atoms with Crippen molar-refractivity contribution in [3.05, 3.63) is 71.3 Å². The van der Waals surface area contributed by atoms with Gasteiger partial charge in [0.1, 0.15) is 4.90 Å². The maximum absolute atomic E-state index is 13.6. The molecule has 0 aliphatic rings. The molecule has 8 heteroatoms. The summed E-state index contributed by atoms with van der Waals surface area (Å²) in [7, 11) is -4.30. The third kappa shape index (κ3) is 3.67. The Hall–Kier alpha value is -3.26. The number of nitrogens with zero attached hydrogens (tertiary/aromatic N) is 3. The SMILES string of the molecule is CCCCCCC(=O)n1c(=O)n(S(=O)(=O)c2cccc3cccnc23)c2ccccc21. The molecule has 2 aromatic heterocycles. The number of rotatable bonds is 7. The summed E-state index contributed by atoms with van der Waals surface area (Å²) in [5, 5.41) is 0.646. The molecule has 7 nitrogen and oxygen atoms in total. The number of fused-ring (bicyclic) bond motifs is 2. The van der Waals surface area contributed by atoms with E-state index in [1.807, 2.05) is 0 Å². The molecule has 0 fully saturated rings. The summed E-state index contributed by atoms with van der Waals surface area (Å²) in [4.78, 5) is 30.3. The van der Waals surface area contributed by atoms with Crippen molar-refractivity contribution in [1.29, 1.82) is 0 Å². The van der Waals surface area contributed by atoms with Gasteiger partial charge in [-0.1, -0.05) is 56.5 Å². The van der Waals surface area contributed by atoms with Gasteiger partial charge in [-0.25, -0.2) is 17.8 Å². The number of pyridine rings is 1. The first kappa shape index (κ1) is 21.0. The standard InChI is InChI=1S/C23H23N3O4S/c1-2-3-4-5-15-21(27)25-18-12-6-7-13-19(18)26(23(25)28)31(29,30)20-14-8-10-17-11-9-16-24-22(17)20/h6-14,16H,2-5,15H2,1H3. The number of aromatic nitrogens is 3. The van der Waals surface area contributed by atoms with Gasteiger partial charge in [0.05, 0.1) is 16.6 Å². The summed E-state index contributed by atoms with van der Waals surface area (Å²) in [6, 6.07) is 14.7. The van der Waals surface area contributed by atoms with Crippen molar-refractivity contribution < 1.29 is 13.2 Å². The zero-order valence-electron chi connectivity index (χ0n) is 17.2. The fourth-order valence-electron chi connectivity index (χ4n) is 3.79. The molecule has 0 aliphatic carbocycles. The van der Waals surface area contributed by atoms with Crippen LogP contribution >= 0.6 is 0 Å². The third-order valence-electron chi connectivity index (χ3n) is 5.31. The van der Waals surface area contributed by atoms with Crippen LogP contribution in [0.2, 0.25) is 0 Å². The van der Waals surface area contributed by atoms with Gasteiger partial charge in [-0.2, -0.15) is 3.97 Å². The molecule has 0 N–H and O–H groups in total. The molecular weight excluding hydrogens is 414 g/mol. The van der Waals surface area contributed by atoms with Gasteiger partial charge < -0.3 is 0 Å². The van der Waals surface area contributed by atoms with E-state index < -0.39 is 21.6 Å². The summed E-state index contributed by atoms with van der Waals surface area (Å²) >= 11 is 0. The highest BCUT2D eigenvalue weighted by Gasteiger charge is 2.28. The molecule has 0 bridgehead atoms. The molecule has 0 saturated heterocycles. The normalized spacial score (nSPS) is 11.9. The van der Waals surface area contributed by atoms with E-state index in [9.17, 15) is 18.0 Å². The average Bonchev–Trinajstić information content (AvgIpc) is 3.08. The Kier molecular flexibility index (Phi) is 5.73. The summed E-state index contributed by atoms with van der Waals surface area (Å²) in [6.07, 6.45) is 5.27. The minimum Gasteiger partial charge on any atom is -0.274 e. The second-order valence-corrected chi connectivity index (χ2v) is 9.17. The van der Waals surface area contributed by atoms with Gasteiger partial charge in [0.2, 0.25) is 5.91 Å². The van der Waals surface area contributed by atoms with E-state index >= 15 is 0 Å². The van der Waals surface area contributed by atoms with Crippen molar-refractivity contribution in [3.63, 3.8) is 0 Å². The Labute approximate surface area is 180 Å². The number of unbranched alkanes of at least 4 members (excludes halogenated alkanes) is 3. The van der Waals surface area contributed by atoms with Crippen molar-refractivity contribution in [1.82, 2.24) is 13.5 Å². The summed E-state index contributed by atoms with van der Waals surface area (Å²) in [5.74, 6) is -0.401. The van der Waals surface area contributed by atoms with E-state index in [0.29, 0.717) is 11.8 Å². The smallest absolute Gasteiger partial charge is 0.274 e. The molecule has 0 aliphatic heterocycles. The lowest BCUT2D eigenvalue weighted by Gasteiger charge is -2.08. The Morgan fingerprint density at radius 1 is 0.935 bits per heavy atom. The van der Waals surface area contributed by atoms with Gasteiger partial charge >= 0.3 is 5.69 Å². The second kappa shape index (κ2) is 8.47. The molecule has 2 heterocycles. The van der Waals surface area contributed by atoms with Crippen LogP contribution in [0.5, 0.6) is 0 Å². The van der Waals surface area contributed by atoms with Crippen LogP contribution in [0.25, 0.3) is 21.9 Å². The van der Waals surface area contributed by atoms with E-state index in [-0.39, 0.29) is 27.9 Å². The first-order chi connectivity index (χ1) is 15.0. The molecule has 0 amide bonds. The van der Waals surface area contributed by atoms with E-state index in [2.05, 4.69) is 11.9 Å². The second-order valence-electron chi connectivity index (χ2n) is 7.41. The van der Waals surface area contributed by atoms with Gasteiger partial charge in [-0.3, -0.25) is 9.78 Å². The lowest BCUT2D eigenvalue weighted by Crippen LogP contribution is -2.32. The van der Waals surface area contributed by atoms with Gasteiger partial charge in [0.25, 0.3) is 10.0 Å². The van der Waals surface area contributed by atoms with E-state index in [1.54, 1.807) is 42.5 Å². The maximum atomic E-state index is 13.6. The van der Waals surface area contributed by atoms with E-state index in [1.165, 1.54) is 18.3 Å². The van der Waals surface area contributed by atoms with Crippen LogP contribution in [0.4, 0.5) is 0 Å². The number of benzene rings is 2. The van der Waals surface area contributed by atoms with Crippen LogP contribution in [-0.2, 0) is 10.0 Å². The first-order valence-corrected chi connectivity index (χ1v) is 11.8. The lowest BCUT2D eigenvalue weighted by atomic mass is 10.1. The maximum Gasteiger partial charge on any atom is 0.350 e.